The van der Waals surface area contributed by atoms with Crippen LogP contribution in [-0.2, 0) is 8.85 Å². The van der Waals surface area contributed by atoms with E-state index in [0.29, 0.717) is 5.54 Å². The van der Waals surface area contributed by atoms with E-state index in [0.717, 1.165) is 49.4 Å². The molecule has 2 rings (SSSR count). The summed E-state index contributed by atoms with van der Waals surface area (Å²) in [7, 11) is -2.15. The maximum absolute atomic E-state index is 6.79. The van der Waals surface area contributed by atoms with Crippen LogP contribution in [0.2, 0.25) is 11.1 Å². The van der Waals surface area contributed by atoms with Gasteiger partial charge < -0.3 is 8.85 Å². The maximum atomic E-state index is 6.79. The molecule has 0 spiro atoms. The van der Waals surface area contributed by atoms with Crippen LogP contribution in [0, 0.1) is 17.8 Å². The normalized spacial score (nSPS) is 35.6. The molecule has 0 aliphatic heterocycles. The average molecular weight is 341 g/mol. The number of hydrogen-bond donors (Lipinski definition) is 0. The van der Waals surface area contributed by atoms with Crippen LogP contribution in [0.1, 0.15) is 86.0 Å². The second-order valence-corrected chi connectivity index (χ2v) is 12.1. The summed E-state index contributed by atoms with van der Waals surface area (Å²) in [5, 5.41) is 0. The van der Waals surface area contributed by atoms with Crippen LogP contribution >= 0.6 is 0 Å². The predicted molar refractivity (Wildman–Crippen MR) is 101 cm³/mol. The highest BCUT2D eigenvalue weighted by Gasteiger charge is 2.56. The van der Waals surface area contributed by atoms with Gasteiger partial charge in [-0.2, -0.15) is 0 Å². The lowest BCUT2D eigenvalue weighted by atomic mass is 9.83. The molecule has 0 radical (unpaired) electrons. The van der Waals surface area contributed by atoms with Crippen LogP contribution in [-0.4, -0.2) is 21.8 Å². The Morgan fingerprint density at radius 1 is 0.826 bits per heavy atom. The van der Waals surface area contributed by atoms with Gasteiger partial charge in [-0.05, 0) is 56.3 Å². The van der Waals surface area contributed by atoms with E-state index in [4.69, 9.17) is 8.85 Å². The van der Waals surface area contributed by atoms with Crippen LogP contribution in [0.15, 0.2) is 0 Å². The van der Waals surface area contributed by atoms with Crippen molar-refractivity contribution in [1.82, 2.24) is 0 Å². The quantitative estimate of drug-likeness (QED) is 0.483. The monoisotopic (exact) mass is 340 g/mol. The molecule has 136 valence electrons. The summed E-state index contributed by atoms with van der Waals surface area (Å²) in [6.45, 7) is 13.6. The van der Waals surface area contributed by atoms with Gasteiger partial charge in [0.2, 0.25) is 0 Å². The van der Waals surface area contributed by atoms with Gasteiger partial charge in [0.1, 0.15) is 0 Å². The highest BCUT2D eigenvalue weighted by Crippen LogP contribution is 2.54. The second kappa shape index (κ2) is 9.01. The average Bonchev–Trinajstić information content (AvgIpc) is 2.94. The summed E-state index contributed by atoms with van der Waals surface area (Å²) < 4.78 is 13.6. The van der Waals surface area contributed by atoms with Gasteiger partial charge in [0.05, 0.1) is 0 Å². The topological polar surface area (TPSA) is 18.5 Å². The molecule has 3 heteroatoms. The molecule has 2 aliphatic rings. The first-order valence-electron chi connectivity index (χ1n) is 10.3. The fourth-order valence-corrected chi connectivity index (χ4v) is 11.0. The van der Waals surface area contributed by atoms with E-state index in [1.807, 2.05) is 0 Å². The van der Waals surface area contributed by atoms with Crippen LogP contribution < -0.4 is 0 Å². The molecule has 0 aromatic carbocycles. The molecule has 0 aromatic rings. The number of rotatable bonds is 8. The van der Waals surface area contributed by atoms with Gasteiger partial charge in [-0.1, -0.05) is 47.5 Å². The van der Waals surface area contributed by atoms with Gasteiger partial charge in [-0.25, -0.2) is 0 Å². The molecule has 0 heterocycles. The summed E-state index contributed by atoms with van der Waals surface area (Å²) in [4.78, 5) is 0. The van der Waals surface area contributed by atoms with Crippen LogP contribution in [0.25, 0.3) is 0 Å². The van der Waals surface area contributed by atoms with E-state index in [2.05, 4.69) is 34.6 Å². The zero-order valence-corrected chi connectivity index (χ0v) is 17.3. The maximum Gasteiger partial charge on any atom is 0.344 e. The molecule has 23 heavy (non-hydrogen) atoms. The molecular weight excluding hydrogens is 300 g/mol. The Labute approximate surface area is 146 Å². The van der Waals surface area contributed by atoms with E-state index in [-0.39, 0.29) is 0 Å². The highest BCUT2D eigenvalue weighted by molar-refractivity contribution is 6.70. The lowest BCUT2D eigenvalue weighted by Gasteiger charge is -2.47. The lowest BCUT2D eigenvalue weighted by molar-refractivity contribution is 0.125. The molecule has 0 bridgehead atoms. The molecule has 0 N–H and O–H groups in total. The Bertz CT molecular complexity index is 329. The summed E-state index contributed by atoms with van der Waals surface area (Å²) in [5.41, 5.74) is 1.44. The minimum atomic E-state index is -2.15. The zero-order chi connectivity index (χ0) is 16.9. The summed E-state index contributed by atoms with van der Waals surface area (Å²) >= 11 is 0. The summed E-state index contributed by atoms with van der Waals surface area (Å²) in [6, 6.07) is 0. The minimum absolute atomic E-state index is 0.713. The van der Waals surface area contributed by atoms with Gasteiger partial charge in [0.15, 0.2) is 0 Å². The number of hydrogen-bond acceptors (Lipinski definition) is 2. The third kappa shape index (κ3) is 4.61. The Kier molecular flexibility index (Phi) is 7.62. The van der Waals surface area contributed by atoms with Crippen LogP contribution in [0.3, 0.4) is 0 Å². The first kappa shape index (κ1) is 19.5. The summed E-state index contributed by atoms with van der Waals surface area (Å²) in [5.74, 6) is 2.47. The fourth-order valence-electron chi connectivity index (χ4n) is 5.34. The summed E-state index contributed by atoms with van der Waals surface area (Å²) in [6.07, 6.45) is 10.4. The first-order valence-corrected chi connectivity index (χ1v) is 12.3. The van der Waals surface area contributed by atoms with E-state index in [1.165, 1.54) is 38.5 Å². The van der Waals surface area contributed by atoms with Gasteiger partial charge in [0, 0.05) is 24.3 Å². The van der Waals surface area contributed by atoms with Crippen molar-refractivity contribution in [2.24, 2.45) is 17.8 Å². The van der Waals surface area contributed by atoms with Gasteiger partial charge in [0.25, 0.3) is 0 Å². The molecule has 2 saturated carbocycles. The molecule has 2 nitrogen and oxygen atoms in total. The standard InChI is InChI=1S/C20H40O2Si/c1-6-11-21-23(22-12-7-2,20-10-8-9-18(20)5)19-14-16(3)13-17(4)15-19/h16-20H,6-15H2,1-5H3. The van der Waals surface area contributed by atoms with Crippen LogP contribution in [0.5, 0.6) is 0 Å². The smallest absolute Gasteiger partial charge is 0.344 e. The Morgan fingerprint density at radius 3 is 1.83 bits per heavy atom. The molecule has 0 saturated heterocycles. The SMILES string of the molecule is CCCO[Si](OCCC)(C1CC(C)CC(C)C1)C1CCCC1C. The lowest BCUT2D eigenvalue weighted by Crippen LogP contribution is -2.54. The second-order valence-electron chi connectivity index (χ2n) is 8.55. The van der Waals surface area contributed by atoms with Crippen molar-refractivity contribution in [2.45, 2.75) is 97.1 Å². The molecule has 0 amide bonds. The molecule has 2 fully saturated rings. The third-order valence-electron chi connectivity index (χ3n) is 6.19. The minimum Gasteiger partial charge on any atom is -0.394 e. The van der Waals surface area contributed by atoms with Crippen molar-refractivity contribution in [3.8, 4) is 0 Å². The molecule has 4 atom stereocenters. The van der Waals surface area contributed by atoms with E-state index >= 15 is 0 Å². The van der Waals surface area contributed by atoms with Crippen LogP contribution in [0.4, 0.5) is 0 Å². The molecule has 2 aliphatic carbocycles. The van der Waals surface area contributed by atoms with Gasteiger partial charge >= 0.3 is 8.56 Å². The van der Waals surface area contributed by atoms with Crippen molar-refractivity contribution < 1.29 is 8.85 Å². The Hall–Kier alpha value is 0.137. The molecular formula is C20H40O2Si. The Morgan fingerprint density at radius 2 is 1.39 bits per heavy atom. The van der Waals surface area contributed by atoms with E-state index in [9.17, 15) is 0 Å². The zero-order valence-electron chi connectivity index (χ0n) is 16.3. The fraction of sp³-hybridized carbons (Fsp3) is 1.00. The van der Waals surface area contributed by atoms with Crippen molar-refractivity contribution in [1.29, 1.82) is 0 Å². The molecule has 0 aromatic heterocycles. The third-order valence-corrected chi connectivity index (χ3v) is 11.0. The van der Waals surface area contributed by atoms with E-state index in [1.54, 1.807) is 0 Å². The highest BCUT2D eigenvalue weighted by atomic mass is 28.4. The van der Waals surface area contributed by atoms with Crippen molar-refractivity contribution in [2.75, 3.05) is 13.2 Å². The molecule has 4 unspecified atom stereocenters. The van der Waals surface area contributed by atoms with Gasteiger partial charge in [-0.3, -0.25) is 0 Å². The first-order chi connectivity index (χ1) is 11.0. The van der Waals surface area contributed by atoms with Crippen molar-refractivity contribution in [3.05, 3.63) is 0 Å². The largest absolute Gasteiger partial charge is 0.394 e. The van der Waals surface area contributed by atoms with E-state index < -0.39 is 8.56 Å². The predicted octanol–water partition coefficient (Wildman–Crippen LogP) is 6.30. The Balaban J connectivity index is 2.29. The van der Waals surface area contributed by atoms with Crippen molar-refractivity contribution in [3.63, 3.8) is 0 Å². The van der Waals surface area contributed by atoms with Gasteiger partial charge in [-0.15, -0.1) is 0 Å². The van der Waals surface area contributed by atoms with Crippen molar-refractivity contribution >= 4 is 8.56 Å².